The van der Waals surface area contributed by atoms with Crippen LogP contribution in [0.3, 0.4) is 0 Å². The summed E-state index contributed by atoms with van der Waals surface area (Å²) in [5, 5.41) is 3.45. The van der Waals surface area contributed by atoms with Gasteiger partial charge in [0.2, 0.25) is 0 Å². The molecule has 1 N–H and O–H groups in total. The monoisotopic (exact) mass is 299 g/mol. The first kappa shape index (κ1) is 16.2. The van der Waals surface area contributed by atoms with Crippen molar-refractivity contribution < 1.29 is 9.47 Å². The van der Waals surface area contributed by atoms with E-state index in [1.54, 1.807) is 7.11 Å². The van der Waals surface area contributed by atoms with Gasteiger partial charge in [-0.15, -0.1) is 0 Å². The number of hydrogen-bond acceptors (Lipinski definition) is 3. The second-order valence-corrected chi connectivity index (χ2v) is 5.86. The third-order valence-electron chi connectivity index (χ3n) is 3.43. The highest BCUT2D eigenvalue weighted by Crippen LogP contribution is 2.29. The van der Waals surface area contributed by atoms with Crippen LogP contribution in [0.15, 0.2) is 42.5 Å². The first-order chi connectivity index (χ1) is 10.6. The Bertz CT molecular complexity index is 608. The van der Waals surface area contributed by atoms with Gasteiger partial charge >= 0.3 is 0 Å². The minimum Gasteiger partial charge on any atom is -0.493 e. The predicted octanol–water partition coefficient (Wildman–Crippen LogP) is 4.65. The summed E-state index contributed by atoms with van der Waals surface area (Å²) in [4.78, 5) is 0. The molecular formula is C19H25NO2. The lowest BCUT2D eigenvalue weighted by molar-refractivity contribution is 0.257. The van der Waals surface area contributed by atoms with Gasteiger partial charge in [0.25, 0.3) is 0 Å². The van der Waals surface area contributed by atoms with Crippen LogP contribution in [0.2, 0.25) is 0 Å². The van der Waals surface area contributed by atoms with Crippen LogP contribution in [0.4, 0.5) is 5.69 Å². The van der Waals surface area contributed by atoms with Crippen LogP contribution in [-0.4, -0.2) is 13.7 Å². The van der Waals surface area contributed by atoms with Gasteiger partial charge in [-0.1, -0.05) is 38.1 Å². The predicted molar refractivity (Wildman–Crippen MR) is 91.8 cm³/mol. The van der Waals surface area contributed by atoms with Crippen molar-refractivity contribution in [3.63, 3.8) is 0 Å². The fraction of sp³-hybridized carbons (Fsp3) is 0.368. The third-order valence-corrected chi connectivity index (χ3v) is 3.43. The fourth-order valence-corrected chi connectivity index (χ4v) is 2.17. The van der Waals surface area contributed by atoms with E-state index in [9.17, 15) is 0 Å². The van der Waals surface area contributed by atoms with Crippen LogP contribution >= 0.6 is 0 Å². The number of hydrogen-bond donors (Lipinski definition) is 1. The molecule has 0 aromatic heterocycles. The van der Waals surface area contributed by atoms with Crippen molar-refractivity contribution in [1.82, 2.24) is 0 Å². The Morgan fingerprint density at radius 3 is 2.50 bits per heavy atom. The topological polar surface area (TPSA) is 30.5 Å². The molecule has 2 aromatic carbocycles. The van der Waals surface area contributed by atoms with Gasteiger partial charge in [0.1, 0.15) is 0 Å². The van der Waals surface area contributed by atoms with Crippen LogP contribution in [-0.2, 0) is 6.54 Å². The maximum absolute atomic E-state index is 5.78. The molecule has 0 heterocycles. The number of ether oxygens (including phenoxy) is 2. The molecule has 0 aliphatic carbocycles. The molecule has 2 aromatic rings. The van der Waals surface area contributed by atoms with Gasteiger partial charge in [-0.3, -0.25) is 0 Å². The number of benzene rings is 2. The van der Waals surface area contributed by atoms with E-state index in [4.69, 9.17) is 9.47 Å². The number of aryl methyl sites for hydroxylation is 1. The summed E-state index contributed by atoms with van der Waals surface area (Å²) in [5.41, 5.74) is 3.56. The molecule has 0 amide bonds. The Labute approximate surface area is 133 Å². The first-order valence-electron chi connectivity index (χ1n) is 7.69. The molecule has 0 aliphatic heterocycles. The largest absolute Gasteiger partial charge is 0.493 e. The van der Waals surface area contributed by atoms with Gasteiger partial charge in [0, 0.05) is 12.2 Å². The molecule has 0 fully saturated rings. The first-order valence-corrected chi connectivity index (χ1v) is 7.69. The van der Waals surface area contributed by atoms with Gasteiger partial charge in [-0.2, -0.15) is 0 Å². The zero-order valence-electron chi connectivity index (χ0n) is 13.8. The maximum atomic E-state index is 5.78. The zero-order valence-corrected chi connectivity index (χ0v) is 13.8. The summed E-state index contributed by atoms with van der Waals surface area (Å²) in [6, 6.07) is 14.4. The van der Waals surface area contributed by atoms with E-state index in [1.165, 1.54) is 5.56 Å². The minimum absolute atomic E-state index is 0.493. The highest BCUT2D eigenvalue weighted by molar-refractivity contribution is 5.51. The lowest BCUT2D eigenvalue weighted by atomic mass is 10.1. The number of rotatable bonds is 7. The number of para-hydroxylation sites is 1. The van der Waals surface area contributed by atoms with Gasteiger partial charge in [-0.05, 0) is 42.2 Å². The van der Waals surface area contributed by atoms with Crippen molar-refractivity contribution in [2.24, 2.45) is 5.92 Å². The van der Waals surface area contributed by atoms with Crippen LogP contribution in [0.1, 0.15) is 25.0 Å². The van der Waals surface area contributed by atoms with E-state index in [0.717, 1.165) is 29.3 Å². The Morgan fingerprint density at radius 2 is 1.82 bits per heavy atom. The minimum atomic E-state index is 0.493. The van der Waals surface area contributed by atoms with E-state index in [1.807, 2.05) is 24.3 Å². The van der Waals surface area contributed by atoms with Crippen molar-refractivity contribution in [2.45, 2.75) is 27.3 Å². The molecule has 0 saturated heterocycles. The molecule has 0 spiro atoms. The molecule has 22 heavy (non-hydrogen) atoms. The molecule has 3 heteroatoms. The van der Waals surface area contributed by atoms with Crippen molar-refractivity contribution >= 4 is 5.69 Å². The SMILES string of the molecule is COc1cc(CNc2ccccc2C)ccc1OCC(C)C. The van der Waals surface area contributed by atoms with Crippen LogP contribution in [0, 0.1) is 12.8 Å². The maximum Gasteiger partial charge on any atom is 0.161 e. The molecule has 0 atom stereocenters. The Balaban J connectivity index is 2.04. The fourth-order valence-electron chi connectivity index (χ4n) is 2.17. The number of methoxy groups -OCH3 is 1. The van der Waals surface area contributed by atoms with E-state index in [-0.39, 0.29) is 0 Å². The molecule has 0 radical (unpaired) electrons. The van der Waals surface area contributed by atoms with Crippen molar-refractivity contribution in [3.8, 4) is 11.5 Å². The molecule has 3 nitrogen and oxygen atoms in total. The normalized spacial score (nSPS) is 10.6. The molecular weight excluding hydrogens is 274 g/mol. The number of nitrogens with one attached hydrogen (secondary N) is 1. The molecule has 0 saturated carbocycles. The van der Waals surface area contributed by atoms with Crippen LogP contribution in [0.5, 0.6) is 11.5 Å². The third kappa shape index (κ3) is 4.42. The Morgan fingerprint density at radius 1 is 1.05 bits per heavy atom. The quantitative estimate of drug-likeness (QED) is 0.807. The summed E-state index contributed by atoms with van der Waals surface area (Å²) >= 11 is 0. The lowest BCUT2D eigenvalue weighted by Crippen LogP contribution is -2.06. The summed E-state index contributed by atoms with van der Waals surface area (Å²) in [6.45, 7) is 7.81. The van der Waals surface area contributed by atoms with Crippen molar-refractivity contribution in [3.05, 3.63) is 53.6 Å². The molecule has 0 aliphatic rings. The number of anilines is 1. The van der Waals surface area contributed by atoms with E-state index < -0.39 is 0 Å². The van der Waals surface area contributed by atoms with E-state index in [0.29, 0.717) is 12.5 Å². The second-order valence-electron chi connectivity index (χ2n) is 5.86. The van der Waals surface area contributed by atoms with Gasteiger partial charge in [0.05, 0.1) is 13.7 Å². The summed E-state index contributed by atoms with van der Waals surface area (Å²) in [7, 11) is 1.68. The molecule has 2 rings (SSSR count). The second kappa shape index (κ2) is 7.74. The van der Waals surface area contributed by atoms with E-state index >= 15 is 0 Å². The molecule has 0 unspecified atom stereocenters. The Kier molecular flexibility index (Phi) is 5.70. The van der Waals surface area contributed by atoms with Crippen molar-refractivity contribution in [2.75, 3.05) is 19.0 Å². The van der Waals surface area contributed by atoms with Crippen molar-refractivity contribution in [1.29, 1.82) is 0 Å². The Hall–Kier alpha value is -2.16. The molecule has 118 valence electrons. The summed E-state index contributed by atoms with van der Waals surface area (Å²) in [6.07, 6.45) is 0. The summed E-state index contributed by atoms with van der Waals surface area (Å²) < 4.78 is 11.2. The van der Waals surface area contributed by atoms with Crippen LogP contribution < -0.4 is 14.8 Å². The average molecular weight is 299 g/mol. The highest BCUT2D eigenvalue weighted by atomic mass is 16.5. The zero-order chi connectivity index (χ0) is 15.9. The van der Waals surface area contributed by atoms with Crippen LogP contribution in [0.25, 0.3) is 0 Å². The lowest BCUT2D eigenvalue weighted by Gasteiger charge is -2.14. The van der Waals surface area contributed by atoms with Gasteiger partial charge < -0.3 is 14.8 Å². The summed E-state index contributed by atoms with van der Waals surface area (Å²) in [5.74, 6) is 2.08. The average Bonchev–Trinajstić information content (AvgIpc) is 2.52. The van der Waals surface area contributed by atoms with Gasteiger partial charge in [0.15, 0.2) is 11.5 Å². The molecule has 0 bridgehead atoms. The smallest absolute Gasteiger partial charge is 0.161 e. The standard InChI is InChI=1S/C19H25NO2/c1-14(2)13-22-18-10-9-16(11-19(18)21-4)12-20-17-8-6-5-7-15(17)3/h5-11,14,20H,12-13H2,1-4H3. The van der Waals surface area contributed by atoms with Gasteiger partial charge in [-0.25, -0.2) is 0 Å². The van der Waals surface area contributed by atoms with E-state index in [2.05, 4.69) is 44.3 Å². The highest BCUT2D eigenvalue weighted by Gasteiger charge is 2.07.